The van der Waals surface area contributed by atoms with Crippen LogP contribution in [0.3, 0.4) is 0 Å². The topological polar surface area (TPSA) is 38.3 Å². The molecule has 1 aromatic carbocycles. The number of rotatable bonds is 6. The van der Waals surface area contributed by atoms with Crippen molar-refractivity contribution in [3.8, 4) is 5.75 Å². The lowest BCUT2D eigenvalue weighted by molar-refractivity contribution is -0.121. The Kier molecular flexibility index (Phi) is 5.32. The third kappa shape index (κ3) is 4.77. The van der Waals surface area contributed by atoms with Crippen LogP contribution in [-0.4, -0.2) is 19.1 Å². The van der Waals surface area contributed by atoms with E-state index in [1.54, 1.807) is 12.1 Å². The van der Waals surface area contributed by atoms with Crippen LogP contribution in [0.1, 0.15) is 19.8 Å². The Morgan fingerprint density at radius 3 is 2.69 bits per heavy atom. The SMILES string of the molecule is CCCNC(=O)CCOc1ccc(F)cc1. The molecule has 0 aliphatic heterocycles. The zero-order valence-corrected chi connectivity index (χ0v) is 9.33. The molecule has 0 aliphatic carbocycles. The highest BCUT2D eigenvalue weighted by atomic mass is 19.1. The average molecular weight is 225 g/mol. The summed E-state index contributed by atoms with van der Waals surface area (Å²) in [4.78, 5) is 11.2. The van der Waals surface area contributed by atoms with E-state index in [0.717, 1.165) is 6.42 Å². The minimum atomic E-state index is -0.298. The van der Waals surface area contributed by atoms with Crippen LogP contribution in [0.15, 0.2) is 24.3 Å². The van der Waals surface area contributed by atoms with E-state index in [1.165, 1.54) is 12.1 Å². The van der Waals surface area contributed by atoms with E-state index in [0.29, 0.717) is 25.3 Å². The number of amides is 1. The second-order valence-electron chi connectivity index (χ2n) is 3.40. The molecule has 0 saturated heterocycles. The summed E-state index contributed by atoms with van der Waals surface area (Å²) in [6.45, 7) is 2.99. The van der Waals surface area contributed by atoms with Gasteiger partial charge in [0.05, 0.1) is 13.0 Å². The smallest absolute Gasteiger partial charge is 0.223 e. The molecule has 3 nitrogen and oxygen atoms in total. The van der Waals surface area contributed by atoms with E-state index < -0.39 is 0 Å². The van der Waals surface area contributed by atoms with Gasteiger partial charge in [-0.25, -0.2) is 4.39 Å². The first-order valence-corrected chi connectivity index (χ1v) is 5.37. The van der Waals surface area contributed by atoms with Crippen LogP contribution in [0.25, 0.3) is 0 Å². The predicted octanol–water partition coefficient (Wildman–Crippen LogP) is 2.12. The van der Waals surface area contributed by atoms with Crippen LogP contribution in [0.5, 0.6) is 5.75 Å². The Bertz CT molecular complexity index is 324. The van der Waals surface area contributed by atoms with Crippen LogP contribution >= 0.6 is 0 Å². The third-order valence-electron chi connectivity index (χ3n) is 1.98. The van der Waals surface area contributed by atoms with E-state index in [4.69, 9.17) is 4.74 Å². The molecule has 0 saturated carbocycles. The highest BCUT2D eigenvalue weighted by Crippen LogP contribution is 2.10. The van der Waals surface area contributed by atoms with Crippen molar-refractivity contribution < 1.29 is 13.9 Å². The molecule has 0 spiro atoms. The fourth-order valence-electron chi connectivity index (χ4n) is 1.15. The van der Waals surface area contributed by atoms with Gasteiger partial charge in [0.15, 0.2) is 0 Å². The van der Waals surface area contributed by atoms with Crippen LogP contribution in [0, 0.1) is 5.82 Å². The van der Waals surface area contributed by atoms with Crippen molar-refractivity contribution >= 4 is 5.91 Å². The highest BCUT2D eigenvalue weighted by Gasteiger charge is 2.00. The summed E-state index contributed by atoms with van der Waals surface area (Å²) >= 11 is 0. The molecular weight excluding hydrogens is 209 g/mol. The van der Waals surface area contributed by atoms with Crippen molar-refractivity contribution in [1.82, 2.24) is 5.32 Å². The van der Waals surface area contributed by atoms with Gasteiger partial charge in [-0.05, 0) is 30.7 Å². The van der Waals surface area contributed by atoms with Crippen LogP contribution in [0.4, 0.5) is 4.39 Å². The van der Waals surface area contributed by atoms with Crippen LogP contribution in [-0.2, 0) is 4.79 Å². The Morgan fingerprint density at radius 2 is 2.06 bits per heavy atom. The summed E-state index contributed by atoms with van der Waals surface area (Å²) < 4.78 is 17.8. The van der Waals surface area contributed by atoms with Gasteiger partial charge in [0, 0.05) is 6.54 Å². The molecule has 0 aromatic heterocycles. The zero-order valence-electron chi connectivity index (χ0n) is 9.33. The molecule has 1 rings (SSSR count). The summed E-state index contributed by atoms with van der Waals surface area (Å²) in [5.41, 5.74) is 0. The van der Waals surface area contributed by atoms with E-state index in [1.807, 2.05) is 6.92 Å². The Labute approximate surface area is 94.6 Å². The number of halogens is 1. The standard InChI is InChI=1S/C12H16FNO2/c1-2-8-14-12(15)7-9-16-11-5-3-10(13)4-6-11/h3-6H,2,7-9H2,1H3,(H,14,15). The number of hydrogen-bond acceptors (Lipinski definition) is 2. The summed E-state index contributed by atoms with van der Waals surface area (Å²) in [6.07, 6.45) is 1.24. The van der Waals surface area contributed by atoms with Crippen molar-refractivity contribution in [1.29, 1.82) is 0 Å². The highest BCUT2D eigenvalue weighted by molar-refractivity contribution is 5.75. The van der Waals surface area contributed by atoms with Crippen molar-refractivity contribution in [3.63, 3.8) is 0 Å². The molecule has 88 valence electrons. The van der Waals surface area contributed by atoms with Gasteiger partial charge in [0.2, 0.25) is 5.91 Å². The molecule has 0 radical (unpaired) electrons. The van der Waals surface area contributed by atoms with Gasteiger partial charge in [-0.15, -0.1) is 0 Å². The maximum Gasteiger partial charge on any atom is 0.223 e. The Hall–Kier alpha value is -1.58. The van der Waals surface area contributed by atoms with Crippen LogP contribution in [0.2, 0.25) is 0 Å². The van der Waals surface area contributed by atoms with Gasteiger partial charge in [-0.2, -0.15) is 0 Å². The number of carbonyl (C=O) groups excluding carboxylic acids is 1. The summed E-state index contributed by atoms with van der Waals surface area (Å²) in [5.74, 6) is 0.252. The third-order valence-corrected chi connectivity index (χ3v) is 1.98. The fourth-order valence-corrected chi connectivity index (χ4v) is 1.15. The van der Waals surface area contributed by atoms with Gasteiger partial charge in [-0.3, -0.25) is 4.79 Å². The number of benzene rings is 1. The van der Waals surface area contributed by atoms with Gasteiger partial charge in [-0.1, -0.05) is 6.92 Å². The van der Waals surface area contributed by atoms with E-state index in [2.05, 4.69) is 5.32 Å². The second-order valence-corrected chi connectivity index (χ2v) is 3.40. The van der Waals surface area contributed by atoms with E-state index >= 15 is 0 Å². The van der Waals surface area contributed by atoms with Crippen molar-refractivity contribution in [2.75, 3.05) is 13.2 Å². The van der Waals surface area contributed by atoms with Crippen molar-refractivity contribution in [2.45, 2.75) is 19.8 Å². The molecule has 4 heteroatoms. The van der Waals surface area contributed by atoms with Gasteiger partial charge < -0.3 is 10.1 Å². The fraction of sp³-hybridized carbons (Fsp3) is 0.417. The first kappa shape index (κ1) is 12.5. The maximum absolute atomic E-state index is 12.6. The Balaban J connectivity index is 2.20. The number of hydrogen-bond donors (Lipinski definition) is 1. The van der Waals surface area contributed by atoms with Crippen molar-refractivity contribution in [2.24, 2.45) is 0 Å². The maximum atomic E-state index is 12.6. The molecule has 0 bridgehead atoms. The number of ether oxygens (including phenoxy) is 1. The molecule has 1 amide bonds. The quantitative estimate of drug-likeness (QED) is 0.805. The minimum absolute atomic E-state index is 0.0241. The normalized spacial score (nSPS) is 9.88. The molecule has 1 N–H and O–H groups in total. The summed E-state index contributed by atoms with van der Waals surface area (Å²) in [7, 11) is 0. The summed E-state index contributed by atoms with van der Waals surface area (Å²) in [6, 6.07) is 5.73. The predicted molar refractivity (Wildman–Crippen MR) is 59.8 cm³/mol. The zero-order chi connectivity index (χ0) is 11.8. The molecule has 16 heavy (non-hydrogen) atoms. The molecule has 1 aromatic rings. The average Bonchev–Trinajstić information content (AvgIpc) is 2.29. The minimum Gasteiger partial charge on any atom is -0.493 e. The Morgan fingerprint density at radius 1 is 1.38 bits per heavy atom. The first-order chi connectivity index (χ1) is 7.72. The molecule has 0 unspecified atom stereocenters. The lowest BCUT2D eigenvalue weighted by atomic mass is 10.3. The van der Waals surface area contributed by atoms with E-state index in [-0.39, 0.29) is 11.7 Å². The summed E-state index contributed by atoms with van der Waals surface area (Å²) in [5, 5.41) is 2.75. The van der Waals surface area contributed by atoms with E-state index in [9.17, 15) is 9.18 Å². The molecular formula is C12H16FNO2. The van der Waals surface area contributed by atoms with Gasteiger partial charge in [0.1, 0.15) is 11.6 Å². The van der Waals surface area contributed by atoms with Crippen molar-refractivity contribution in [3.05, 3.63) is 30.1 Å². The number of nitrogens with one attached hydrogen (secondary N) is 1. The first-order valence-electron chi connectivity index (χ1n) is 5.37. The molecule has 0 atom stereocenters. The second kappa shape index (κ2) is 6.82. The molecule has 0 heterocycles. The monoisotopic (exact) mass is 225 g/mol. The largest absolute Gasteiger partial charge is 0.493 e. The molecule has 0 aliphatic rings. The van der Waals surface area contributed by atoms with Gasteiger partial charge >= 0.3 is 0 Å². The van der Waals surface area contributed by atoms with Gasteiger partial charge in [0.25, 0.3) is 0 Å². The lowest BCUT2D eigenvalue weighted by Gasteiger charge is -2.06. The number of carbonyl (C=O) groups is 1. The lowest BCUT2D eigenvalue weighted by Crippen LogP contribution is -2.25. The van der Waals surface area contributed by atoms with Crippen LogP contribution < -0.4 is 10.1 Å². The molecule has 0 fully saturated rings.